The summed E-state index contributed by atoms with van der Waals surface area (Å²) in [5, 5.41) is 4.22. The average Bonchev–Trinajstić information content (AvgIpc) is 2.37. The molecule has 0 aliphatic heterocycles. The van der Waals surface area contributed by atoms with Gasteiger partial charge in [0.1, 0.15) is 0 Å². The SMILES string of the molecule is COCCN(C)c1ccc(CNCC(C)C)c(Cl)c1. The molecule has 1 rings (SSSR count). The van der Waals surface area contributed by atoms with Crippen LogP contribution in [0.4, 0.5) is 5.69 Å². The highest BCUT2D eigenvalue weighted by molar-refractivity contribution is 6.31. The lowest BCUT2D eigenvalue weighted by atomic mass is 10.1. The summed E-state index contributed by atoms with van der Waals surface area (Å²) in [6, 6.07) is 6.21. The third-order valence-electron chi connectivity index (χ3n) is 2.98. The monoisotopic (exact) mass is 284 g/mol. The summed E-state index contributed by atoms with van der Waals surface area (Å²) in [4.78, 5) is 2.14. The lowest BCUT2D eigenvalue weighted by Gasteiger charge is -2.20. The fourth-order valence-electron chi connectivity index (χ4n) is 1.77. The number of nitrogens with zero attached hydrogens (tertiary/aromatic N) is 1. The van der Waals surface area contributed by atoms with Crippen molar-refractivity contribution < 1.29 is 4.74 Å². The van der Waals surface area contributed by atoms with Crippen molar-refractivity contribution in [3.8, 4) is 0 Å². The van der Waals surface area contributed by atoms with Gasteiger partial charge in [-0.15, -0.1) is 0 Å². The van der Waals surface area contributed by atoms with Crippen molar-refractivity contribution in [2.24, 2.45) is 5.92 Å². The molecule has 0 saturated carbocycles. The summed E-state index contributed by atoms with van der Waals surface area (Å²) in [5.74, 6) is 0.651. The Morgan fingerprint density at radius 1 is 1.37 bits per heavy atom. The number of rotatable bonds is 8. The van der Waals surface area contributed by atoms with E-state index < -0.39 is 0 Å². The van der Waals surface area contributed by atoms with Crippen molar-refractivity contribution in [3.05, 3.63) is 28.8 Å². The van der Waals surface area contributed by atoms with Crippen LogP contribution in [0.15, 0.2) is 18.2 Å². The summed E-state index contributed by atoms with van der Waals surface area (Å²) in [7, 11) is 3.76. The van der Waals surface area contributed by atoms with Crippen LogP contribution in [0.3, 0.4) is 0 Å². The van der Waals surface area contributed by atoms with E-state index in [0.717, 1.165) is 35.9 Å². The third kappa shape index (κ3) is 5.81. The maximum absolute atomic E-state index is 6.32. The Bertz CT molecular complexity index is 382. The first-order valence-corrected chi connectivity index (χ1v) is 7.11. The van der Waals surface area contributed by atoms with Gasteiger partial charge in [-0.3, -0.25) is 0 Å². The van der Waals surface area contributed by atoms with Crippen molar-refractivity contribution in [1.29, 1.82) is 0 Å². The van der Waals surface area contributed by atoms with E-state index in [4.69, 9.17) is 16.3 Å². The van der Waals surface area contributed by atoms with Gasteiger partial charge in [-0.1, -0.05) is 31.5 Å². The van der Waals surface area contributed by atoms with Gasteiger partial charge in [-0.25, -0.2) is 0 Å². The number of halogens is 1. The number of benzene rings is 1. The molecule has 0 bridgehead atoms. The molecule has 0 unspecified atom stereocenters. The quantitative estimate of drug-likeness (QED) is 0.794. The predicted octanol–water partition coefficient (Wildman–Crippen LogP) is 3.17. The summed E-state index contributed by atoms with van der Waals surface area (Å²) in [5.41, 5.74) is 2.26. The van der Waals surface area contributed by atoms with Crippen LogP contribution < -0.4 is 10.2 Å². The molecular weight excluding hydrogens is 260 g/mol. The molecule has 19 heavy (non-hydrogen) atoms. The summed E-state index contributed by atoms with van der Waals surface area (Å²) in [6.45, 7) is 7.79. The van der Waals surface area contributed by atoms with Gasteiger partial charge in [0.25, 0.3) is 0 Å². The fraction of sp³-hybridized carbons (Fsp3) is 0.600. The van der Waals surface area contributed by atoms with E-state index in [9.17, 15) is 0 Å². The topological polar surface area (TPSA) is 24.5 Å². The van der Waals surface area contributed by atoms with Crippen LogP contribution in [0.25, 0.3) is 0 Å². The molecule has 1 aromatic carbocycles. The molecule has 1 N–H and O–H groups in total. The van der Waals surface area contributed by atoms with Gasteiger partial charge >= 0.3 is 0 Å². The molecule has 0 aliphatic carbocycles. The number of hydrogen-bond donors (Lipinski definition) is 1. The second kappa shape index (κ2) is 8.41. The van der Waals surface area contributed by atoms with Crippen molar-refractivity contribution in [2.75, 3.05) is 38.8 Å². The number of hydrogen-bond acceptors (Lipinski definition) is 3. The number of anilines is 1. The van der Waals surface area contributed by atoms with Gasteiger partial charge in [0, 0.05) is 38.0 Å². The van der Waals surface area contributed by atoms with Crippen molar-refractivity contribution in [2.45, 2.75) is 20.4 Å². The smallest absolute Gasteiger partial charge is 0.0637 e. The molecule has 108 valence electrons. The summed E-state index contributed by atoms with van der Waals surface area (Å²) < 4.78 is 5.08. The number of likely N-dealkylation sites (N-methyl/N-ethyl adjacent to an activating group) is 1. The summed E-state index contributed by atoms with van der Waals surface area (Å²) in [6.07, 6.45) is 0. The molecule has 4 heteroatoms. The predicted molar refractivity (Wildman–Crippen MR) is 83.1 cm³/mol. The minimum atomic E-state index is 0.651. The van der Waals surface area contributed by atoms with Crippen molar-refractivity contribution >= 4 is 17.3 Å². The van der Waals surface area contributed by atoms with Crippen LogP contribution in [-0.2, 0) is 11.3 Å². The Hall–Kier alpha value is -0.770. The minimum Gasteiger partial charge on any atom is -0.383 e. The molecule has 0 spiro atoms. The van der Waals surface area contributed by atoms with E-state index in [1.807, 2.05) is 13.1 Å². The highest BCUT2D eigenvalue weighted by Crippen LogP contribution is 2.23. The Kier molecular flexibility index (Phi) is 7.21. The molecule has 0 amide bonds. The van der Waals surface area contributed by atoms with Gasteiger partial charge in [-0.2, -0.15) is 0 Å². The van der Waals surface area contributed by atoms with E-state index in [-0.39, 0.29) is 0 Å². The van der Waals surface area contributed by atoms with E-state index in [0.29, 0.717) is 12.5 Å². The first-order valence-electron chi connectivity index (χ1n) is 6.73. The van der Waals surface area contributed by atoms with Gasteiger partial charge < -0.3 is 15.0 Å². The molecule has 0 aromatic heterocycles. The van der Waals surface area contributed by atoms with Crippen LogP contribution in [-0.4, -0.2) is 33.9 Å². The maximum Gasteiger partial charge on any atom is 0.0637 e. The summed E-state index contributed by atoms with van der Waals surface area (Å²) >= 11 is 6.32. The Labute approximate surface area is 121 Å². The zero-order chi connectivity index (χ0) is 14.3. The average molecular weight is 285 g/mol. The molecule has 0 atom stereocenters. The zero-order valence-corrected chi connectivity index (χ0v) is 13.1. The molecule has 3 nitrogen and oxygen atoms in total. The molecule has 0 aliphatic rings. The van der Waals surface area contributed by atoms with Crippen LogP contribution in [0, 0.1) is 5.92 Å². The molecule has 1 aromatic rings. The van der Waals surface area contributed by atoms with Crippen molar-refractivity contribution in [1.82, 2.24) is 5.32 Å². The van der Waals surface area contributed by atoms with Crippen LogP contribution in [0.5, 0.6) is 0 Å². The lowest BCUT2D eigenvalue weighted by molar-refractivity contribution is 0.206. The Balaban J connectivity index is 2.58. The van der Waals surface area contributed by atoms with E-state index >= 15 is 0 Å². The lowest BCUT2D eigenvalue weighted by Crippen LogP contribution is -2.22. The first-order chi connectivity index (χ1) is 9.04. The largest absolute Gasteiger partial charge is 0.383 e. The molecule has 0 radical (unpaired) electrons. The normalized spacial score (nSPS) is 11.1. The second-order valence-corrected chi connectivity index (χ2v) is 5.62. The number of ether oxygens (including phenoxy) is 1. The minimum absolute atomic E-state index is 0.651. The fourth-order valence-corrected chi connectivity index (χ4v) is 2.01. The Morgan fingerprint density at radius 3 is 2.68 bits per heavy atom. The first kappa shape index (κ1) is 16.3. The Morgan fingerprint density at radius 2 is 2.11 bits per heavy atom. The standard InChI is InChI=1S/C15H25ClN2O/c1-12(2)10-17-11-13-5-6-14(9-15(13)16)18(3)7-8-19-4/h5-6,9,12,17H,7-8,10-11H2,1-4H3. The van der Waals surface area contributed by atoms with Gasteiger partial charge in [0.05, 0.1) is 6.61 Å². The van der Waals surface area contributed by atoms with Crippen LogP contribution in [0.1, 0.15) is 19.4 Å². The molecular formula is C15H25ClN2O. The number of nitrogens with one attached hydrogen (secondary N) is 1. The van der Waals surface area contributed by atoms with Crippen molar-refractivity contribution in [3.63, 3.8) is 0 Å². The molecule has 0 saturated heterocycles. The maximum atomic E-state index is 6.32. The zero-order valence-electron chi connectivity index (χ0n) is 12.4. The van der Waals surface area contributed by atoms with E-state index in [2.05, 4.69) is 36.2 Å². The van der Waals surface area contributed by atoms with Gasteiger partial charge in [0.15, 0.2) is 0 Å². The van der Waals surface area contributed by atoms with E-state index in [1.54, 1.807) is 7.11 Å². The van der Waals surface area contributed by atoms with Gasteiger partial charge in [-0.05, 0) is 30.2 Å². The molecule has 0 fully saturated rings. The third-order valence-corrected chi connectivity index (χ3v) is 3.33. The molecule has 0 heterocycles. The highest BCUT2D eigenvalue weighted by atomic mass is 35.5. The number of methoxy groups -OCH3 is 1. The van der Waals surface area contributed by atoms with Crippen LogP contribution in [0.2, 0.25) is 5.02 Å². The van der Waals surface area contributed by atoms with Crippen LogP contribution >= 0.6 is 11.6 Å². The van der Waals surface area contributed by atoms with Gasteiger partial charge in [0.2, 0.25) is 0 Å². The highest BCUT2D eigenvalue weighted by Gasteiger charge is 2.05. The second-order valence-electron chi connectivity index (χ2n) is 5.21. The van der Waals surface area contributed by atoms with E-state index in [1.165, 1.54) is 0 Å².